The monoisotopic (exact) mass is 314 g/mol. The molecule has 0 aliphatic carbocycles. The molecule has 1 saturated heterocycles. The Labute approximate surface area is 125 Å². The maximum Gasteiger partial charge on any atom is 0.123 e. The smallest absolute Gasteiger partial charge is 0.123 e. The van der Waals surface area contributed by atoms with Crippen LogP contribution in [0.25, 0.3) is 0 Å². The molecule has 1 aliphatic rings. The third kappa shape index (κ3) is 3.35. The molecule has 1 unspecified atom stereocenters. The van der Waals surface area contributed by atoms with E-state index in [4.69, 9.17) is 16.3 Å². The average Bonchev–Trinajstić information content (AvgIpc) is 2.99. The summed E-state index contributed by atoms with van der Waals surface area (Å²) in [7, 11) is 0. The van der Waals surface area contributed by atoms with Crippen LogP contribution in [-0.4, -0.2) is 29.6 Å². The summed E-state index contributed by atoms with van der Waals surface area (Å²) in [6.07, 6.45) is 0.114. The van der Waals surface area contributed by atoms with Crippen molar-refractivity contribution in [1.82, 2.24) is 9.88 Å². The van der Waals surface area contributed by atoms with E-state index in [-0.39, 0.29) is 6.10 Å². The number of thiophene rings is 1. The minimum Gasteiger partial charge on any atom is -0.368 e. The van der Waals surface area contributed by atoms with Gasteiger partial charge >= 0.3 is 0 Å². The van der Waals surface area contributed by atoms with Crippen LogP contribution in [0.4, 0.5) is 0 Å². The lowest BCUT2D eigenvalue weighted by Gasteiger charge is -2.31. The molecule has 3 nitrogen and oxygen atoms in total. The fraction of sp³-hybridized carbons (Fsp3) is 0.462. The number of hydrogen-bond acceptors (Lipinski definition) is 5. The van der Waals surface area contributed by atoms with Gasteiger partial charge in [0.15, 0.2) is 0 Å². The molecule has 0 saturated carbocycles. The predicted octanol–water partition coefficient (Wildman–Crippen LogP) is 3.74. The van der Waals surface area contributed by atoms with Crippen LogP contribution in [0.1, 0.15) is 21.7 Å². The zero-order chi connectivity index (χ0) is 13.2. The number of thiazole rings is 1. The van der Waals surface area contributed by atoms with Crippen LogP contribution in [-0.2, 0) is 11.3 Å². The molecular weight excluding hydrogens is 300 g/mol. The number of nitrogens with zero attached hydrogens (tertiary/aromatic N) is 2. The van der Waals surface area contributed by atoms with Gasteiger partial charge in [0.2, 0.25) is 0 Å². The number of halogens is 1. The first-order chi connectivity index (χ1) is 9.20. The van der Waals surface area contributed by atoms with Gasteiger partial charge in [-0.05, 0) is 19.1 Å². The molecule has 6 heteroatoms. The largest absolute Gasteiger partial charge is 0.368 e. The Balaban J connectivity index is 1.64. The first-order valence-electron chi connectivity index (χ1n) is 6.21. The van der Waals surface area contributed by atoms with Crippen molar-refractivity contribution in [1.29, 1.82) is 0 Å². The Kier molecular flexibility index (Phi) is 4.19. The van der Waals surface area contributed by atoms with Crippen molar-refractivity contribution in [2.45, 2.75) is 19.6 Å². The van der Waals surface area contributed by atoms with E-state index < -0.39 is 0 Å². The van der Waals surface area contributed by atoms with Crippen LogP contribution in [0.3, 0.4) is 0 Å². The van der Waals surface area contributed by atoms with Crippen molar-refractivity contribution >= 4 is 34.3 Å². The topological polar surface area (TPSA) is 25.4 Å². The van der Waals surface area contributed by atoms with Crippen molar-refractivity contribution < 1.29 is 4.74 Å². The minimum absolute atomic E-state index is 0.114. The summed E-state index contributed by atoms with van der Waals surface area (Å²) in [6, 6.07) is 4.06. The first-order valence-corrected chi connectivity index (χ1v) is 8.28. The van der Waals surface area contributed by atoms with Crippen molar-refractivity contribution in [3.63, 3.8) is 0 Å². The van der Waals surface area contributed by atoms with Gasteiger partial charge in [-0.25, -0.2) is 4.98 Å². The number of ether oxygens (including phenoxy) is 1. The zero-order valence-electron chi connectivity index (χ0n) is 10.6. The Morgan fingerprint density at radius 2 is 2.42 bits per heavy atom. The van der Waals surface area contributed by atoms with Crippen LogP contribution >= 0.6 is 34.3 Å². The molecule has 0 N–H and O–H groups in total. The Morgan fingerprint density at radius 3 is 3.11 bits per heavy atom. The van der Waals surface area contributed by atoms with Gasteiger partial charge in [0.25, 0.3) is 0 Å². The molecule has 1 fully saturated rings. The fourth-order valence-corrected chi connectivity index (χ4v) is 4.14. The maximum atomic E-state index is 5.97. The highest BCUT2D eigenvalue weighted by Crippen LogP contribution is 2.28. The van der Waals surface area contributed by atoms with E-state index in [1.165, 1.54) is 4.88 Å². The maximum absolute atomic E-state index is 5.97. The van der Waals surface area contributed by atoms with Gasteiger partial charge in [-0.2, -0.15) is 0 Å². The average molecular weight is 315 g/mol. The van der Waals surface area contributed by atoms with E-state index in [9.17, 15) is 0 Å². The van der Waals surface area contributed by atoms with Crippen LogP contribution in [0.2, 0.25) is 4.34 Å². The normalized spacial score (nSPS) is 20.8. The van der Waals surface area contributed by atoms with E-state index in [2.05, 4.69) is 21.3 Å². The molecule has 0 radical (unpaired) electrons. The summed E-state index contributed by atoms with van der Waals surface area (Å²) < 4.78 is 6.69. The lowest BCUT2D eigenvalue weighted by molar-refractivity contribution is -0.0327. The Morgan fingerprint density at radius 1 is 1.53 bits per heavy atom. The Bertz CT molecular complexity index is 554. The molecule has 2 aromatic heterocycles. The molecular formula is C13H15ClN2OS2. The molecule has 1 aliphatic heterocycles. The summed E-state index contributed by atoms with van der Waals surface area (Å²) >= 11 is 9.31. The summed E-state index contributed by atoms with van der Waals surface area (Å²) in [5.41, 5.74) is 1.07. The third-order valence-electron chi connectivity index (χ3n) is 3.07. The van der Waals surface area contributed by atoms with Crippen LogP contribution in [0, 0.1) is 6.92 Å². The van der Waals surface area contributed by atoms with Gasteiger partial charge < -0.3 is 4.74 Å². The molecule has 102 valence electrons. The summed E-state index contributed by atoms with van der Waals surface area (Å²) in [6.45, 7) is 5.61. The molecule has 0 bridgehead atoms. The van der Waals surface area contributed by atoms with E-state index in [1.807, 2.05) is 13.0 Å². The van der Waals surface area contributed by atoms with Gasteiger partial charge in [0.05, 0.1) is 10.9 Å². The number of aryl methyl sites for hydroxylation is 1. The van der Waals surface area contributed by atoms with Crippen molar-refractivity contribution in [2.24, 2.45) is 0 Å². The van der Waals surface area contributed by atoms with E-state index in [0.29, 0.717) is 0 Å². The van der Waals surface area contributed by atoms with Crippen molar-refractivity contribution in [3.8, 4) is 0 Å². The number of aromatic nitrogens is 1. The summed E-state index contributed by atoms with van der Waals surface area (Å²) in [5, 5.41) is 3.17. The molecule has 2 aromatic rings. The van der Waals surface area contributed by atoms with Gasteiger partial charge in [-0.1, -0.05) is 11.6 Å². The minimum atomic E-state index is 0.114. The number of morpholine rings is 1. The Hall–Kier alpha value is -0.460. The van der Waals surface area contributed by atoms with Gasteiger partial charge in [0.1, 0.15) is 11.1 Å². The van der Waals surface area contributed by atoms with Crippen molar-refractivity contribution in [2.75, 3.05) is 19.7 Å². The lowest BCUT2D eigenvalue weighted by atomic mass is 10.2. The van der Waals surface area contributed by atoms with E-state index in [1.54, 1.807) is 22.7 Å². The zero-order valence-corrected chi connectivity index (χ0v) is 13.0. The quantitative estimate of drug-likeness (QED) is 0.863. The highest BCUT2D eigenvalue weighted by molar-refractivity contribution is 7.16. The second-order valence-electron chi connectivity index (χ2n) is 4.63. The number of hydrogen-bond donors (Lipinski definition) is 0. The molecule has 3 rings (SSSR count). The van der Waals surface area contributed by atoms with Crippen LogP contribution in [0.5, 0.6) is 0 Å². The molecule has 0 spiro atoms. The third-order valence-corrected chi connectivity index (χ3v) is 5.34. The first kappa shape index (κ1) is 13.5. The van der Waals surface area contributed by atoms with Crippen molar-refractivity contribution in [3.05, 3.63) is 37.4 Å². The lowest BCUT2D eigenvalue weighted by Crippen LogP contribution is -2.37. The molecule has 3 heterocycles. The van der Waals surface area contributed by atoms with Gasteiger partial charge in [0, 0.05) is 35.6 Å². The molecule has 0 aromatic carbocycles. The summed E-state index contributed by atoms with van der Waals surface area (Å²) in [5.74, 6) is 0. The number of rotatable bonds is 3. The van der Waals surface area contributed by atoms with E-state index >= 15 is 0 Å². The molecule has 0 amide bonds. The SMILES string of the molecule is Cc1csc(C2CN(Cc3ccc(Cl)s3)CCO2)n1. The molecule has 1 atom stereocenters. The van der Waals surface area contributed by atoms with E-state index in [0.717, 1.165) is 41.3 Å². The predicted molar refractivity (Wildman–Crippen MR) is 80.2 cm³/mol. The second-order valence-corrected chi connectivity index (χ2v) is 7.32. The van der Waals surface area contributed by atoms with Crippen LogP contribution in [0.15, 0.2) is 17.5 Å². The highest BCUT2D eigenvalue weighted by Gasteiger charge is 2.24. The fourth-order valence-electron chi connectivity index (χ4n) is 2.17. The summed E-state index contributed by atoms with van der Waals surface area (Å²) in [4.78, 5) is 8.24. The standard InChI is InChI=1S/C13H15ClN2OS2/c1-9-8-18-13(15-9)11-7-16(4-5-17-11)6-10-2-3-12(14)19-10/h2-3,8,11H,4-7H2,1H3. The van der Waals surface area contributed by atoms with Gasteiger partial charge in [-0.3, -0.25) is 4.90 Å². The molecule has 19 heavy (non-hydrogen) atoms. The van der Waals surface area contributed by atoms with Crippen LogP contribution < -0.4 is 0 Å². The highest BCUT2D eigenvalue weighted by atomic mass is 35.5. The second kappa shape index (κ2) is 5.89. The van der Waals surface area contributed by atoms with Gasteiger partial charge in [-0.15, -0.1) is 22.7 Å².